The highest BCUT2D eigenvalue weighted by Gasteiger charge is 2.32. The Balaban J connectivity index is 1.81. The summed E-state index contributed by atoms with van der Waals surface area (Å²) < 4.78 is 0. The van der Waals surface area contributed by atoms with Crippen molar-refractivity contribution in [3.63, 3.8) is 0 Å². The van der Waals surface area contributed by atoms with Crippen molar-refractivity contribution in [2.75, 3.05) is 13.1 Å². The van der Waals surface area contributed by atoms with Crippen molar-refractivity contribution in [2.24, 2.45) is 11.7 Å². The van der Waals surface area contributed by atoms with Gasteiger partial charge in [0.1, 0.15) is 0 Å². The van der Waals surface area contributed by atoms with E-state index in [2.05, 4.69) is 5.32 Å². The summed E-state index contributed by atoms with van der Waals surface area (Å²) in [7, 11) is 0. The minimum absolute atomic E-state index is 0.212. The summed E-state index contributed by atoms with van der Waals surface area (Å²) in [5.74, 6) is 0.858. The lowest BCUT2D eigenvalue weighted by Crippen LogP contribution is -2.42. The maximum absolute atomic E-state index is 6.36. The van der Waals surface area contributed by atoms with Gasteiger partial charge < -0.3 is 11.1 Å². The van der Waals surface area contributed by atoms with Crippen molar-refractivity contribution < 1.29 is 0 Å². The van der Waals surface area contributed by atoms with Gasteiger partial charge in [-0.15, -0.1) is 0 Å². The van der Waals surface area contributed by atoms with Crippen LogP contribution in [0.5, 0.6) is 0 Å². The highest BCUT2D eigenvalue weighted by Crippen LogP contribution is 2.34. The zero-order valence-corrected chi connectivity index (χ0v) is 8.52. The first-order valence-corrected chi connectivity index (χ1v) is 5.78. The molecule has 13 heavy (non-hydrogen) atoms. The maximum Gasteiger partial charge on any atom is 0.0157 e. The van der Waals surface area contributed by atoms with Crippen LogP contribution in [0, 0.1) is 5.92 Å². The zero-order chi connectivity index (χ0) is 9.15. The van der Waals surface area contributed by atoms with Crippen molar-refractivity contribution in [2.45, 2.75) is 50.5 Å². The third kappa shape index (κ3) is 2.44. The molecule has 0 amide bonds. The third-order valence-electron chi connectivity index (χ3n) is 3.69. The first-order valence-electron chi connectivity index (χ1n) is 5.78. The van der Waals surface area contributed by atoms with E-state index in [0.29, 0.717) is 0 Å². The summed E-state index contributed by atoms with van der Waals surface area (Å²) in [6.07, 6.45) is 9.26. The van der Waals surface area contributed by atoms with E-state index >= 15 is 0 Å². The SMILES string of the molecule is NC1(CC2CCCNC2)CCCC1. The fourth-order valence-electron chi connectivity index (χ4n) is 2.96. The lowest BCUT2D eigenvalue weighted by atomic mass is 9.83. The molecule has 2 rings (SSSR count). The molecule has 2 aliphatic rings. The minimum atomic E-state index is 0.212. The molecule has 0 aromatic rings. The van der Waals surface area contributed by atoms with E-state index in [0.717, 1.165) is 5.92 Å². The molecule has 1 saturated heterocycles. The van der Waals surface area contributed by atoms with Crippen LogP contribution in [0.1, 0.15) is 44.9 Å². The molecule has 0 radical (unpaired) electrons. The molecule has 1 saturated carbocycles. The van der Waals surface area contributed by atoms with Gasteiger partial charge in [0.2, 0.25) is 0 Å². The molecule has 1 heterocycles. The van der Waals surface area contributed by atoms with E-state index in [-0.39, 0.29) is 5.54 Å². The normalized spacial score (nSPS) is 33.5. The first-order chi connectivity index (χ1) is 6.29. The first kappa shape index (κ1) is 9.47. The van der Waals surface area contributed by atoms with Crippen LogP contribution in [0.2, 0.25) is 0 Å². The average Bonchev–Trinajstić information content (AvgIpc) is 2.54. The number of nitrogens with one attached hydrogen (secondary N) is 1. The van der Waals surface area contributed by atoms with Crippen molar-refractivity contribution in [1.82, 2.24) is 5.32 Å². The van der Waals surface area contributed by atoms with Gasteiger partial charge in [-0.25, -0.2) is 0 Å². The molecular formula is C11H22N2. The van der Waals surface area contributed by atoms with Crippen LogP contribution in [0.25, 0.3) is 0 Å². The van der Waals surface area contributed by atoms with Crippen molar-refractivity contribution in [3.05, 3.63) is 0 Å². The minimum Gasteiger partial charge on any atom is -0.325 e. The van der Waals surface area contributed by atoms with E-state index in [1.54, 1.807) is 0 Å². The molecule has 0 aromatic heterocycles. The molecule has 1 aliphatic carbocycles. The fourth-order valence-corrected chi connectivity index (χ4v) is 2.96. The lowest BCUT2D eigenvalue weighted by molar-refractivity contribution is 0.272. The van der Waals surface area contributed by atoms with Crippen molar-refractivity contribution in [3.8, 4) is 0 Å². The number of rotatable bonds is 2. The Morgan fingerprint density at radius 1 is 1.23 bits per heavy atom. The predicted octanol–water partition coefficient (Wildman–Crippen LogP) is 1.65. The maximum atomic E-state index is 6.36. The average molecular weight is 182 g/mol. The quantitative estimate of drug-likeness (QED) is 0.681. The second-order valence-electron chi connectivity index (χ2n) is 4.99. The van der Waals surface area contributed by atoms with Gasteiger partial charge in [-0.1, -0.05) is 12.8 Å². The van der Waals surface area contributed by atoms with Gasteiger partial charge in [0.15, 0.2) is 0 Å². The Morgan fingerprint density at radius 3 is 2.62 bits per heavy atom. The summed E-state index contributed by atoms with van der Waals surface area (Å²) >= 11 is 0. The molecular weight excluding hydrogens is 160 g/mol. The van der Waals surface area contributed by atoms with E-state index in [4.69, 9.17) is 5.73 Å². The van der Waals surface area contributed by atoms with Crippen molar-refractivity contribution in [1.29, 1.82) is 0 Å². The number of hydrogen-bond acceptors (Lipinski definition) is 2. The van der Waals surface area contributed by atoms with Crippen LogP contribution in [0.4, 0.5) is 0 Å². The summed E-state index contributed by atoms with van der Waals surface area (Å²) in [6, 6.07) is 0. The largest absolute Gasteiger partial charge is 0.325 e. The lowest BCUT2D eigenvalue weighted by Gasteiger charge is -2.31. The molecule has 0 aromatic carbocycles. The number of nitrogens with two attached hydrogens (primary N) is 1. The van der Waals surface area contributed by atoms with E-state index in [1.807, 2.05) is 0 Å². The molecule has 0 spiro atoms. The van der Waals surface area contributed by atoms with E-state index < -0.39 is 0 Å². The van der Waals surface area contributed by atoms with Crippen LogP contribution in [0.15, 0.2) is 0 Å². The highest BCUT2D eigenvalue weighted by atomic mass is 14.9. The molecule has 1 aliphatic heterocycles. The van der Waals surface area contributed by atoms with Crippen LogP contribution < -0.4 is 11.1 Å². The number of hydrogen-bond donors (Lipinski definition) is 2. The Morgan fingerprint density at radius 2 is 2.00 bits per heavy atom. The summed E-state index contributed by atoms with van der Waals surface area (Å²) in [4.78, 5) is 0. The molecule has 0 bridgehead atoms. The van der Waals surface area contributed by atoms with Gasteiger partial charge in [-0.2, -0.15) is 0 Å². The second-order valence-corrected chi connectivity index (χ2v) is 4.99. The van der Waals surface area contributed by atoms with Crippen LogP contribution in [-0.4, -0.2) is 18.6 Å². The second kappa shape index (κ2) is 3.97. The third-order valence-corrected chi connectivity index (χ3v) is 3.69. The molecule has 1 atom stereocenters. The van der Waals surface area contributed by atoms with E-state index in [9.17, 15) is 0 Å². The monoisotopic (exact) mass is 182 g/mol. The topological polar surface area (TPSA) is 38.0 Å². The highest BCUT2D eigenvalue weighted by molar-refractivity contribution is 4.91. The van der Waals surface area contributed by atoms with E-state index in [1.165, 1.54) is 58.0 Å². The van der Waals surface area contributed by atoms with Gasteiger partial charge in [0.05, 0.1) is 0 Å². The zero-order valence-electron chi connectivity index (χ0n) is 8.52. The van der Waals surface area contributed by atoms with Crippen LogP contribution in [0.3, 0.4) is 0 Å². The molecule has 76 valence electrons. The Hall–Kier alpha value is -0.0800. The molecule has 2 fully saturated rings. The van der Waals surface area contributed by atoms with Crippen LogP contribution >= 0.6 is 0 Å². The fraction of sp³-hybridized carbons (Fsp3) is 1.00. The Kier molecular flexibility index (Phi) is 2.89. The molecule has 3 N–H and O–H groups in total. The van der Waals surface area contributed by atoms with Gasteiger partial charge >= 0.3 is 0 Å². The smallest absolute Gasteiger partial charge is 0.0157 e. The molecule has 2 nitrogen and oxygen atoms in total. The van der Waals surface area contributed by atoms with Gasteiger partial charge in [0.25, 0.3) is 0 Å². The summed E-state index contributed by atoms with van der Waals surface area (Å²) in [5.41, 5.74) is 6.57. The van der Waals surface area contributed by atoms with Crippen molar-refractivity contribution >= 4 is 0 Å². The van der Waals surface area contributed by atoms with Crippen LogP contribution in [-0.2, 0) is 0 Å². The van der Waals surface area contributed by atoms with Gasteiger partial charge in [0, 0.05) is 5.54 Å². The predicted molar refractivity (Wildman–Crippen MR) is 55.6 cm³/mol. The summed E-state index contributed by atoms with van der Waals surface area (Å²) in [5, 5.41) is 3.47. The Bertz CT molecular complexity index is 155. The molecule has 1 unspecified atom stereocenters. The Labute approximate surface area is 81.3 Å². The van der Waals surface area contributed by atoms with Gasteiger partial charge in [-0.05, 0) is 51.1 Å². The number of piperidine rings is 1. The molecule has 2 heteroatoms. The van der Waals surface area contributed by atoms with Gasteiger partial charge in [-0.3, -0.25) is 0 Å². The summed E-state index contributed by atoms with van der Waals surface area (Å²) in [6.45, 7) is 2.42. The standard InChI is InChI=1S/C11H22N2/c12-11(5-1-2-6-11)8-10-4-3-7-13-9-10/h10,13H,1-9,12H2.